The monoisotopic (exact) mass is 407 g/mol. The number of carboxylic acid groups (broad SMARTS) is 1. The van der Waals surface area contributed by atoms with Crippen LogP contribution < -0.4 is 5.32 Å². The molecule has 1 aromatic rings. The van der Waals surface area contributed by atoms with E-state index in [1.807, 2.05) is 22.6 Å². The zero-order valence-corrected chi connectivity index (χ0v) is 13.3. The van der Waals surface area contributed by atoms with Gasteiger partial charge in [-0.05, 0) is 47.2 Å². The van der Waals surface area contributed by atoms with E-state index in [4.69, 9.17) is 5.11 Å². The van der Waals surface area contributed by atoms with E-state index >= 15 is 0 Å². The topological polar surface area (TPSA) is 113 Å². The van der Waals surface area contributed by atoms with Crippen LogP contribution in [0, 0.1) is 3.57 Å². The van der Waals surface area contributed by atoms with Crippen molar-refractivity contribution in [2.45, 2.75) is 18.9 Å². The largest absolute Gasteiger partial charge is 0.507 e. The van der Waals surface area contributed by atoms with Crippen molar-refractivity contribution >= 4 is 40.4 Å². The molecule has 0 aliphatic heterocycles. The van der Waals surface area contributed by atoms with Gasteiger partial charge in [0.25, 0.3) is 5.91 Å². The zero-order valence-electron chi connectivity index (χ0n) is 11.1. The smallest absolute Gasteiger partial charge is 0.326 e. The van der Waals surface area contributed by atoms with Crippen molar-refractivity contribution in [1.29, 1.82) is 0 Å². The molecule has 0 fully saturated rings. The number of aromatic hydroxyl groups is 1. The van der Waals surface area contributed by atoms with Gasteiger partial charge >= 0.3 is 11.9 Å². The van der Waals surface area contributed by atoms with E-state index in [1.165, 1.54) is 25.3 Å². The number of methoxy groups -OCH3 is 1. The van der Waals surface area contributed by atoms with Crippen molar-refractivity contribution in [1.82, 2.24) is 5.32 Å². The quantitative estimate of drug-likeness (QED) is 0.482. The maximum Gasteiger partial charge on any atom is 0.326 e. The normalized spacial score (nSPS) is 11.5. The molecule has 8 heteroatoms. The van der Waals surface area contributed by atoms with Gasteiger partial charge in [-0.15, -0.1) is 0 Å². The van der Waals surface area contributed by atoms with Crippen molar-refractivity contribution in [2.24, 2.45) is 0 Å². The molecule has 0 radical (unpaired) electrons. The Morgan fingerprint density at radius 2 is 2.05 bits per heavy atom. The number of hydrogen-bond acceptors (Lipinski definition) is 5. The lowest BCUT2D eigenvalue weighted by molar-refractivity contribution is -0.142. The Balaban J connectivity index is 2.74. The summed E-state index contributed by atoms with van der Waals surface area (Å²) >= 11 is 1.90. The maximum atomic E-state index is 11.9. The third kappa shape index (κ3) is 5.21. The first kappa shape index (κ1) is 17.2. The van der Waals surface area contributed by atoms with Crippen LogP contribution in [0.15, 0.2) is 18.2 Å². The van der Waals surface area contributed by atoms with Gasteiger partial charge in [-0.2, -0.15) is 0 Å². The summed E-state index contributed by atoms with van der Waals surface area (Å²) in [6, 6.07) is 3.04. The summed E-state index contributed by atoms with van der Waals surface area (Å²) in [5.41, 5.74) is 0.136. The number of phenolic OH excluding ortho intramolecular Hbond substituents is 1. The average molecular weight is 407 g/mol. The number of aliphatic carboxylic acids is 1. The van der Waals surface area contributed by atoms with E-state index in [-0.39, 0.29) is 24.2 Å². The maximum absolute atomic E-state index is 11.9. The van der Waals surface area contributed by atoms with Crippen LogP contribution in [0.3, 0.4) is 0 Å². The molecule has 0 saturated heterocycles. The molecule has 21 heavy (non-hydrogen) atoms. The summed E-state index contributed by atoms with van der Waals surface area (Å²) in [5.74, 6) is -2.51. The van der Waals surface area contributed by atoms with E-state index in [9.17, 15) is 19.5 Å². The van der Waals surface area contributed by atoms with Gasteiger partial charge in [-0.25, -0.2) is 4.79 Å². The number of carbonyl (C=O) groups excluding carboxylic acids is 2. The number of phenols is 1. The van der Waals surface area contributed by atoms with Gasteiger partial charge in [0.15, 0.2) is 0 Å². The molecule has 0 bridgehead atoms. The van der Waals surface area contributed by atoms with Crippen molar-refractivity contribution in [3.05, 3.63) is 27.3 Å². The summed E-state index contributed by atoms with van der Waals surface area (Å²) in [6.07, 6.45) is -0.199. The average Bonchev–Trinajstić information content (AvgIpc) is 2.45. The highest BCUT2D eigenvalue weighted by Gasteiger charge is 2.22. The van der Waals surface area contributed by atoms with Gasteiger partial charge in [0.2, 0.25) is 0 Å². The number of nitrogens with one attached hydrogen (secondary N) is 1. The Bertz CT molecular complexity index is 560. The van der Waals surface area contributed by atoms with Crippen molar-refractivity contribution in [3.8, 4) is 5.75 Å². The highest BCUT2D eigenvalue weighted by molar-refractivity contribution is 14.1. The minimum absolute atomic E-state index is 0.0651. The number of carbonyl (C=O) groups is 3. The van der Waals surface area contributed by atoms with Crippen LogP contribution in [-0.2, 0) is 14.3 Å². The number of esters is 1. The van der Waals surface area contributed by atoms with Gasteiger partial charge in [0, 0.05) is 12.0 Å². The van der Waals surface area contributed by atoms with Gasteiger partial charge in [-0.3, -0.25) is 9.59 Å². The molecule has 0 aromatic heterocycles. The molecule has 1 amide bonds. The summed E-state index contributed by atoms with van der Waals surface area (Å²) in [6.45, 7) is 0. The Kier molecular flexibility index (Phi) is 6.40. The summed E-state index contributed by atoms with van der Waals surface area (Å²) in [4.78, 5) is 34.0. The van der Waals surface area contributed by atoms with Crippen LogP contribution in [0.25, 0.3) is 0 Å². The van der Waals surface area contributed by atoms with E-state index in [1.54, 1.807) is 0 Å². The number of amides is 1. The molecule has 1 aromatic carbocycles. The second kappa shape index (κ2) is 7.81. The third-order valence-corrected chi connectivity index (χ3v) is 3.59. The molecule has 0 spiro atoms. The molecule has 0 heterocycles. The van der Waals surface area contributed by atoms with Crippen LogP contribution in [-0.4, -0.2) is 41.2 Å². The molecule has 1 rings (SSSR count). The van der Waals surface area contributed by atoms with Gasteiger partial charge in [0.1, 0.15) is 11.8 Å². The van der Waals surface area contributed by atoms with Crippen LogP contribution >= 0.6 is 22.6 Å². The highest BCUT2D eigenvalue weighted by atomic mass is 127. The van der Waals surface area contributed by atoms with E-state index < -0.39 is 23.9 Å². The predicted octanol–water partition coefficient (Wildman–Crippen LogP) is 1.13. The molecule has 1 unspecified atom stereocenters. The van der Waals surface area contributed by atoms with Crippen LogP contribution in [0.4, 0.5) is 0 Å². The van der Waals surface area contributed by atoms with Crippen LogP contribution in [0.5, 0.6) is 5.75 Å². The Morgan fingerprint density at radius 3 is 2.57 bits per heavy atom. The lowest BCUT2D eigenvalue weighted by atomic mass is 10.1. The molecule has 114 valence electrons. The fourth-order valence-corrected chi connectivity index (χ4v) is 1.85. The lowest BCUT2D eigenvalue weighted by Gasteiger charge is -2.14. The summed E-state index contributed by atoms with van der Waals surface area (Å²) in [5, 5.41) is 20.9. The highest BCUT2D eigenvalue weighted by Crippen LogP contribution is 2.20. The first-order valence-corrected chi connectivity index (χ1v) is 7.02. The van der Waals surface area contributed by atoms with Gasteiger partial charge in [-0.1, -0.05) is 0 Å². The third-order valence-electron chi connectivity index (χ3n) is 2.68. The number of hydrogen-bond donors (Lipinski definition) is 3. The molecule has 0 aliphatic rings. The molecular weight excluding hydrogens is 393 g/mol. The van der Waals surface area contributed by atoms with Crippen LogP contribution in [0.2, 0.25) is 0 Å². The Labute approximate surface area is 134 Å². The van der Waals surface area contributed by atoms with Crippen molar-refractivity contribution < 1.29 is 29.3 Å². The number of halogens is 1. The molecular formula is C13H14INO6. The zero-order chi connectivity index (χ0) is 16.0. The molecule has 7 nitrogen and oxygen atoms in total. The lowest BCUT2D eigenvalue weighted by Crippen LogP contribution is -2.41. The fourth-order valence-electron chi connectivity index (χ4n) is 1.52. The molecule has 1 atom stereocenters. The minimum Gasteiger partial charge on any atom is -0.507 e. The summed E-state index contributed by atoms with van der Waals surface area (Å²) < 4.78 is 4.99. The van der Waals surface area contributed by atoms with Gasteiger partial charge < -0.3 is 20.3 Å². The van der Waals surface area contributed by atoms with Crippen molar-refractivity contribution in [3.63, 3.8) is 0 Å². The Hall–Kier alpha value is -1.84. The number of carboxylic acids is 1. The first-order valence-electron chi connectivity index (χ1n) is 5.94. The summed E-state index contributed by atoms with van der Waals surface area (Å²) in [7, 11) is 1.20. The molecule has 3 N–H and O–H groups in total. The number of benzene rings is 1. The first-order chi connectivity index (χ1) is 9.85. The SMILES string of the molecule is COC(=O)CCC(NC(=O)c1ccc(I)c(O)c1)C(=O)O. The number of rotatable bonds is 6. The van der Waals surface area contributed by atoms with Gasteiger partial charge in [0.05, 0.1) is 10.7 Å². The fraction of sp³-hybridized carbons (Fsp3) is 0.308. The predicted molar refractivity (Wildman–Crippen MR) is 81.0 cm³/mol. The standard InChI is InChI=1S/C13H14INO6/c1-21-11(17)5-4-9(13(19)20)15-12(18)7-2-3-8(14)10(16)6-7/h2-3,6,9,16H,4-5H2,1H3,(H,15,18)(H,19,20). The second-order valence-corrected chi connectivity index (χ2v) is 5.31. The second-order valence-electron chi connectivity index (χ2n) is 4.15. The molecule has 0 saturated carbocycles. The number of ether oxygens (including phenoxy) is 1. The van der Waals surface area contributed by atoms with Crippen LogP contribution in [0.1, 0.15) is 23.2 Å². The van der Waals surface area contributed by atoms with Crippen molar-refractivity contribution in [2.75, 3.05) is 7.11 Å². The Morgan fingerprint density at radius 1 is 1.38 bits per heavy atom. The van der Waals surface area contributed by atoms with E-state index in [2.05, 4.69) is 10.1 Å². The van der Waals surface area contributed by atoms with E-state index in [0.717, 1.165) is 0 Å². The van der Waals surface area contributed by atoms with E-state index in [0.29, 0.717) is 3.57 Å². The molecule has 0 aliphatic carbocycles. The minimum atomic E-state index is -1.25.